The number of hydrogen-bond donors (Lipinski definition) is 2. The topological polar surface area (TPSA) is 83.8 Å². The summed E-state index contributed by atoms with van der Waals surface area (Å²) in [4.78, 5) is 26.5. The van der Waals surface area contributed by atoms with Crippen molar-refractivity contribution in [1.82, 2.24) is 9.88 Å². The summed E-state index contributed by atoms with van der Waals surface area (Å²) in [6.45, 7) is 3.14. The van der Waals surface area contributed by atoms with Crippen LogP contribution in [0.5, 0.6) is 11.5 Å². The van der Waals surface area contributed by atoms with Gasteiger partial charge in [-0.3, -0.25) is 9.59 Å². The van der Waals surface area contributed by atoms with E-state index >= 15 is 0 Å². The molecule has 7 heteroatoms. The van der Waals surface area contributed by atoms with Crippen molar-refractivity contribution in [3.63, 3.8) is 0 Å². The van der Waals surface area contributed by atoms with Crippen LogP contribution < -0.4 is 20.5 Å². The number of nitrogens with zero attached hydrogens (tertiary/aromatic N) is 2. The molecule has 138 valence electrons. The summed E-state index contributed by atoms with van der Waals surface area (Å²) in [6.07, 6.45) is 0.827. The summed E-state index contributed by atoms with van der Waals surface area (Å²) < 4.78 is 6.75. The Morgan fingerprint density at radius 2 is 2.12 bits per heavy atom. The highest BCUT2D eigenvalue weighted by Crippen LogP contribution is 2.30. The third kappa shape index (κ3) is 3.82. The maximum atomic E-state index is 12.3. The van der Waals surface area contributed by atoms with Crippen LogP contribution in [0.2, 0.25) is 0 Å². The van der Waals surface area contributed by atoms with Gasteiger partial charge in [0.25, 0.3) is 5.56 Å². The molecule has 2 N–H and O–H groups in total. The molecule has 26 heavy (non-hydrogen) atoms. The van der Waals surface area contributed by atoms with Crippen molar-refractivity contribution in [1.29, 1.82) is 0 Å². The Hall–Kier alpha value is -2.96. The third-order valence-electron chi connectivity index (χ3n) is 4.60. The van der Waals surface area contributed by atoms with Gasteiger partial charge < -0.3 is 24.6 Å². The second-order valence-corrected chi connectivity index (χ2v) is 6.45. The van der Waals surface area contributed by atoms with Gasteiger partial charge >= 0.3 is 0 Å². The molecule has 0 radical (unpaired) electrons. The Bertz CT molecular complexity index is 862. The number of amides is 1. The molecule has 2 aromatic rings. The molecule has 1 aromatic heterocycles. The molecule has 0 saturated carbocycles. The first-order valence-corrected chi connectivity index (χ1v) is 8.55. The van der Waals surface area contributed by atoms with Crippen LogP contribution in [0.15, 0.2) is 41.2 Å². The van der Waals surface area contributed by atoms with Crippen LogP contribution in [0.1, 0.15) is 12.1 Å². The van der Waals surface area contributed by atoms with Crippen LogP contribution in [0, 0.1) is 6.92 Å². The van der Waals surface area contributed by atoms with Gasteiger partial charge in [0.05, 0.1) is 12.8 Å². The molecule has 2 heterocycles. The van der Waals surface area contributed by atoms with Crippen molar-refractivity contribution >= 4 is 11.6 Å². The van der Waals surface area contributed by atoms with Crippen LogP contribution in [-0.2, 0) is 11.3 Å². The Balaban J connectivity index is 1.62. The SMILES string of the molecule is COc1ccccc1N1CCC(NC(=O)Cn2c(C)cc(O)cc2=O)C1. The highest BCUT2D eigenvalue weighted by atomic mass is 16.5. The van der Waals surface area contributed by atoms with E-state index in [2.05, 4.69) is 10.2 Å². The molecular formula is C19H23N3O4. The van der Waals surface area contributed by atoms with Crippen LogP contribution in [-0.4, -0.2) is 41.8 Å². The van der Waals surface area contributed by atoms with E-state index in [1.165, 1.54) is 10.6 Å². The number of carbonyl (C=O) groups is 1. The van der Waals surface area contributed by atoms with Gasteiger partial charge in [-0.15, -0.1) is 0 Å². The van der Waals surface area contributed by atoms with E-state index in [0.29, 0.717) is 12.2 Å². The molecule has 1 unspecified atom stereocenters. The van der Waals surface area contributed by atoms with Crippen LogP contribution in [0.3, 0.4) is 0 Å². The number of para-hydroxylation sites is 2. The lowest BCUT2D eigenvalue weighted by Crippen LogP contribution is -2.40. The van der Waals surface area contributed by atoms with Crippen LogP contribution in [0.25, 0.3) is 0 Å². The van der Waals surface area contributed by atoms with Crippen molar-refractivity contribution in [3.8, 4) is 11.5 Å². The number of pyridine rings is 1. The molecule has 7 nitrogen and oxygen atoms in total. The average molecular weight is 357 g/mol. The monoisotopic (exact) mass is 357 g/mol. The number of aromatic nitrogens is 1. The third-order valence-corrected chi connectivity index (χ3v) is 4.60. The van der Waals surface area contributed by atoms with Gasteiger partial charge in [-0.25, -0.2) is 0 Å². The number of rotatable bonds is 5. The number of nitrogens with one attached hydrogen (secondary N) is 1. The number of aromatic hydroxyl groups is 1. The Labute approximate surface area is 151 Å². The lowest BCUT2D eigenvalue weighted by atomic mass is 10.2. The van der Waals surface area contributed by atoms with Gasteiger partial charge in [0.1, 0.15) is 18.0 Å². The molecule has 3 rings (SSSR count). The Morgan fingerprint density at radius 1 is 1.35 bits per heavy atom. The van der Waals surface area contributed by atoms with Crippen molar-refractivity contribution in [3.05, 3.63) is 52.4 Å². The molecule has 1 aliphatic heterocycles. The molecule has 1 fully saturated rings. The minimum absolute atomic E-state index is 0.0144. The van der Waals surface area contributed by atoms with Gasteiger partial charge in [0.2, 0.25) is 5.91 Å². The average Bonchev–Trinajstić information content (AvgIpc) is 3.06. The van der Waals surface area contributed by atoms with E-state index in [1.807, 2.05) is 24.3 Å². The normalized spacial score (nSPS) is 16.5. The maximum absolute atomic E-state index is 12.3. The van der Waals surface area contributed by atoms with E-state index in [0.717, 1.165) is 30.5 Å². The molecule has 0 spiro atoms. The maximum Gasteiger partial charge on any atom is 0.254 e. The summed E-state index contributed by atoms with van der Waals surface area (Å²) >= 11 is 0. The molecule has 1 aliphatic rings. The molecule has 1 atom stereocenters. The summed E-state index contributed by atoms with van der Waals surface area (Å²) in [5.41, 5.74) is 1.17. The number of aryl methyl sites for hydroxylation is 1. The van der Waals surface area contributed by atoms with E-state index in [-0.39, 0.29) is 29.8 Å². The summed E-state index contributed by atoms with van der Waals surface area (Å²) in [7, 11) is 1.64. The van der Waals surface area contributed by atoms with E-state index < -0.39 is 0 Å². The lowest BCUT2D eigenvalue weighted by molar-refractivity contribution is -0.122. The standard InChI is InChI=1S/C19H23N3O4/c1-13-9-15(23)10-19(25)22(13)12-18(24)20-14-7-8-21(11-14)16-5-3-4-6-17(16)26-2/h3-6,9-10,14,23H,7-8,11-12H2,1-2H3,(H,20,24). The highest BCUT2D eigenvalue weighted by molar-refractivity contribution is 5.76. The number of benzene rings is 1. The predicted molar refractivity (Wildman–Crippen MR) is 98.9 cm³/mol. The Kier molecular flexibility index (Phi) is 5.16. The first-order valence-electron chi connectivity index (χ1n) is 8.55. The zero-order valence-electron chi connectivity index (χ0n) is 14.9. The van der Waals surface area contributed by atoms with Crippen LogP contribution in [0.4, 0.5) is 5.69 Å². The summed E-state index contributed by atoms with van der Waals surface area (Å²) in [6, 6.07) is 10.4. The fourth-order valence-electron chi connectivity index (χ4n) is 3.32. The quantitative estimate of drug-likeness (QED) is 0.842. The second-order valence-electron chi connectivity index (χ2n) is 6.45. The number of anilines is 1. The molecule has 1 aromatic carbocycles. The zero-order valence-corrected chi connectivity index (χ0v) is 14.9. The van der Waals surface area contributed by atoms with E-state index in [9.17, 15) is 14.7 Å². The van der Waals surface area contributed by atoms with Gasteiger partial charge in [0.15, 0.2) is 0 Å². The van der Waals surface area contributed by atoms with Crippen molar-refractivity contribution < 1.29 is 14.6 Å². The lowest BCUT2D eigenvalue weighted by Gasteiger charge is -2.21. The molecular weight excluding hydrogens is 334 g/mol. The summed E-state index contributed by atoms with van der Waals surface area (Å²) in [5.74, 6) is 0.505. The van der Waals surface area contributed by atoms with Crippen molar-refractivity contribution in [2.24, 2.45) is 0 Å². The van der Waals surface area contributed by atoms with E-state index in [4.69, 9.17) is 4.74 Å². The largest absolute Gasteiger partial charge is 0.508 e. The fraction of sp³-hybridized carbons (Fsp3) is 0.368. The minimum Gasteiger partial charge on any atom is -0.508 e. The van der Waals surface area contributed by atoms with Gasteiger partial charge in [-0.05, 0) is 31.5 Å². The second kappa shape index (κ2) is 7.51. The molecule has 0 bridgehead atoms. The van der Waals surface area contributed by atoms with Crippen molar-refractivity contribution in [2.45, 2.75) is 25.9 Å². The number of carbonyl (C=O) groups excluding carboxylic acids is 1. The van der Waals surface area contributed by atoms with Crippen molar-refractivity contribution in [2.75, 3.05) is 25.1 Å². The molecule has 1 amide bonds. The first kappa shape index (κ1) is 17.8. The zero-order chi connectivity index (χ0) is 18.7. The highest BCUT2D eigenvalue weighted by Gasteiger charge is 2.25. The minimum atomic E-state index is -0.389. The van der Waals surface area contributed by atoms with Gasteiger partial charge in [0, 0.05) is 30.9 Å². The Morgan fingerprint density at radius 3 is 2.85 bits per heavy atom. The number of hydrogen-bond acceptors (Lipinski definition) is 5. The smallest absolute Gasteiger partial charge is 0.254 e. The fourth-order valence-corrected chi connectivity index (χ4v) is 3.32. The number of methoxy groups -OCH3 is 1. The van der Waals surface area contributed by atoms with E-state index in [1.54, 1.807) is 14.0 Å². The summed E-state index contributed by atoms with van der Waals surface area (Å²) in [5, 5.41) is 12.4. The number of ether oxygens (including phenoxy) is 1. The first-order chi connectivity index (χ1) is 12.5. The van der Waals surface area contributed by atoms with Crippen LogP contribution >= 0.6 is 0 Å². The van der Waals surface area contributed by atoms with Gasteiger partial charge in [-0.1, -0.05) is 12.1 Å². The molecule has 1 saturated heterocycles. The molecule has 0 aliphatic carbocycles. The van der Waals surface area contributed by atoms with Gasteiger partial charge in [-0.2, -0.15) is 0 Å². The predicted octanol–water partition coefficient (Wildman–Crippen LogP) is 1.27.